The molecule has 1 aliphatic carbocycles. The first-order chi connectivity index (χ1) is 13.1. The van der Waals surface area contributed by atoms with Crippen LogP contribution in [0.15, 0.2) is 29.1 Å². The van der Waals surface area contributed by atoms with E-state index in [4.69, 9.17) is 4.98 Å². The van der Waals surface area contributed by atoms with E-state index in [1.807, 2.05) is 36.1 Å². The predicted molar refractivity (Wildman–Crippen MR) is 109 cm³/mol. The summed E-state index contributed by atoms with van der Waals surface area (Å²) in [6, 6.07) is 7.33. The SMILES string of the molecule is CCCN(C(=O)C1CCCC1)C(CC)c1nc2ccccc2c(=O)n1CC. The number of rotatable bonds is 7. The van der Waals surface area contributed by atoms with Crippen molar-refractivity contribution >= 4 is 16.8 Å². The maximum atomic E-state index is 13.3. The van der Waals surface area contributed by atoms with Crippen molar-refractivity contribution in [3.05, 3.63) is 40.4 Å². The molecule has 0 spiro atoms. The lowest BCUT2D eigenvalue weighted by Gasteiger charge is -2.34. The van der Waals surface area contributed by atoms with Crippen LogP contribution in [-0.4, -0.2) is 26.9 Å². The Balaban J connectivity index is 2.09. The van der Waals surface area contributed by atoms with Gasteiger partial charge in [0.2, 0.25) is 5.91 Å². The summed E-state index contributed by atoms with van der Waals surface area (Å²) in [5.74, 6) is 1.10. The van der Waals surface area contributed by atoms with Crippen molar-refractivity contribution in [1.82, 2.24) is 14.5 Å². The monoisotopic (exact) mass is 369 g/mol. The molecule has 1 heterocycles. The van der Waals surface area contributed by atoms with Gasteiger partial charge in [-0.3, -0.25) is 14.2 Å². The maximum absolute atomic E-state index is 13.3. The largest absolute Gasteiger partial charge is 0.332 e. The molecule has 1 unspecified atom stereocenters. The molecular formula is C22H31N3O2. The summed E-state index contributed by atoms with van der Waals surface area (Å²) in [6.07, 6.45) is 5.91. The molecule has 1 aliphatic rings. The summed E-state index contributed by atoms with van der Waals surface area (Å²) < 4.78 is 1.75. The van der Waals surface area contributed by atoms with Gasteiger partial charge in [-0.25, -0.2) is 4.98 Å². The first-order valence-electron chi connectivity index (χ1n) is 10.4. The lowest BCUT2D eigenvalue weighted by Crippen LogP contribution is -2.41. The molecule has 146 valence electrons. The molecule has 5 heteroatoms. The highest BCUT2D eigenvalue weighted by atomic mass is 16.2. The second kappa shape index (κ2) is 8.68. The van der Waals surface area contributed by atoms with Gasteiger partial charge in [-0.1, -0.05) is 38.8 Å². The Bertz CT molecular complexity index is 852. The second-order valence-electron chi connectivity index (χ2n) is 7.47. The van der Waals surface area contributed by atoms with Crippen LogP contribution in [0.1, 0.15) is 71.2 Å². The number of fused-ring (bicyclic) bond motifs is 1. The minimum absolute atomic E-state index is 0.0127. The van der Waals surface area contributed by atoms with E-state index in [9.17, 15) is 9.59 Å². The molecule has 1 aromatic carbocycles. The van der Waals surface area contributed by atoms with Gasteiger partial charge in [0.25, 0.3) is 5.56 Å². The number of carbonyl (C=O) groups is 1. The van der Waals surface area contributed by atoms with Gasteiger partial charge in [0, 0.05) is 19.0 Å². The fraction of sp³-hybridized carbons (Fsp3) is 0.591. The standard InChI is InChI=1S/C22H31N3O2/c1-4-15-25(21(26)16-11-7-8-12-16)19(5-2)20-23-18-14-10-9-13-17(18)22(27)24(20)6-3/h9-10,13-14,16,19H,4-8,11-12,15H2,1-3H3. The lowest BCUT2D eigenvalue weighted by molar-refractivity contribution is -0.138. The van der Waals surface area contributed by atoms with Gasteiger partial charge in [-0.05, 0) is 44.7 Å². The van der Waals surface area contributed by atoms with Gasteiger partial charge in [-0.15, -0.1) is 0 Å². The molecule has 5 nitrogen and oxygen atoms in total. The molecule has 1 amide bonds. The van der Waals surface area contributed by atoms with Crippen molar-refractivity contribution in [1.29, 1.82) is 0 Å². The number of amides is 1. The number of aromatic nitrogens is 2. The van der Waals surface area contributed by atoms with Crippen LogP contribution in [0, 0.1) is 5.92 Å². The van der Waals surface area contributed by atoms with Crippen LogP contribution < -0.4 is 5.56 Å². The molecule has 1 atom stereocenters. The summed E-state index contributed by atoms with van der Waals surface area (Å²) in [4.78, 5) is 33.2. The van der Waals surface area contributed by atoms with E-state index >= 15 is 0 Å². The van der Waals surface area contributed by atoms with E-state index in [1.165, 1.54) is 0 Å². The molecule has 0 saturated heterocycles. The summed E-state index contributed by atoms with van der Waals surface area (Å²) in [5, 5.41) is 0.641. The molecule has 0 bridgehead atoms. The second-order valence-corrected chi connectivity index (χ2v) is 7.47. The van der Waals surface area contributed by atoms with Gasteiger partial charge < -0.3 is 4.90 Å². The van der Waals surface area contributed by atoms with Crippen molar-refractivity contribution < 1.29 is 4.79 Å². The Morgan fingerprint density at radius 3 is 2.56 bits per heavy atom. The van der Waals surface area contributed by atoms with Crippen LogP contribution in [0.5, 0.6) is 0 Å². The van der Waals surface area contributed by atoms with Crippen LogP contribution >= 0.6 is 0 Å². The lowest BCUT2D eigenvalue weighted by atomic mass is 10.0. The number of nitrogens with zero attached hydrogens (tertiary/aromatic N) is 3. The highest BCUT2D eigenvalue weighted by Gasteiger charge is 2.33. The maximum Gasteiger partial charge on any atom is 0.261 e. The number of para-hydroxylation sites is 1. The normalized spacial score (nSPS) is 16.0. The Hall–Kier alpha value is -2.17. The van der Waals surface area contributed by atoms with Crippen molar-refractivity contribution in [2.75, 3.05) is 6.54 Å². The summed E-state index contributed by atoms with van der Waals surface area (Å²) in [6.45, 7) is 7.41. The molecule has 0 aliphatic heterocycles. The van der Waals surface area contributed by atoms with Crippen molar-refractivity contribution in [2.45, 2.75) is 71.9 Å². The van der Waals surface area contributed by atoms with Crippen molar-refractivity contribution in [2.24, 2.45) is 5.92 Å². The Kier molecular flexibility index (Phi) is 6.30. The number of benzene rings is 1. The first-order valence-corrected chi connectivity index (χ1v) is 10.4. The Morgan fingerprint density at radius 2 is 1.93 bits per heavy atom. The quantitative estimate of drug-likeness (QED) is 0.731. The Labute approximate surface area is 161 Å². The third kappa shape index (κ3) is 3.78. The average molecular weight is 370 g/mol. The zero-order valence-corrected chi connectivity index (χ0v) is 16.8. The molecule has 1 saturated carbocycles. The molecule has 2 aromatic rings. The summed E-state index contributed by atoms with van der Waals surface area (Å²) in [5.41, 5.74) is 0.701. The fourth-order valence-electron chi connectivity index (χ4n) is 4.36. The minimum Gasteiger partial charge on any atom is -0.332 e. The van der Waals surface area contributed by atoms with Crippen molar-refractivity contribution in [3.63, 3.8) is 0 Å². The summed E-state index contributed by atoms with van der Waals surface area (Å²) >= 11 is 0. The first kappa shape index (κ1) is 19.6. The number of hydrogen-bond donors (Lipinski definition) is 0. The van der Waals surface area contributed by atoms with Crippen LogP contribution in [-0.2, 0) is 11.3 Å². The van der Waals surface area contributed by atoms with E-state index < -0.39 is 0 Å². The number of carbonyl (C=O) groups excluding carboxylic acids is 1. The van der Waals surface area contributed by atoms with Gasteiger partial charge in [-0.2, -0.15) is 0 Å². The van der Waals surface area contributed by atoms with Gasteiger partial charge in [0.15, 0.2) is 0 Å². The van der Waals surface area contributed by atoms with Crippen LogP contribution in [0.4, 0.5) is 0 Å². The zero-order valence-electron chi connectivity index (χ0n) is 16.8. The summed E-state index contributed by atoms with van der Waals surface area (Å²) in [7, 11) is 0. The zero-order chi connectivity index (χ0) is 19.4. The molecule has 27 heavy (non-hydrogen) atoms. The molecule has 3 rings (SSSR count). The van der Waals surface area contributed by atoms with Crippen molar-refractivity contribution in [3.8, 4) is 0 Å². The predicted octanol–water partition coefficient (Wildman–Crippen LogP) is 4.30. The third-order valence-electron chi connectivity index (χ3n) is 5.72. The average Bonchev–Trinajstić information content (AvgIpc) is 3.22. The molecule has 0 N–H and O–H groups in total. The van der Waals surface area contributed by atoms with Crippen LogP contribution in [0.3, 0.4) is 0 Å². The van der Waals surface area contributed by atoms with Gasteiger partial charge in [0.05, 0.1) is 16.9 Å². The van der Waals surface area contributed by atoms with E-state index in [0.29, 0.717) is 24.0 Å². The molecular weight excluding hydrogens is 338 g/mol. The van der Waals surface area contributed by atoms with Gasteiger partial charge in [0.1, 0.15) is 5.82 Å². The fourth-order valence-corrected chi connectivity index (χ4v) is 4.36. The molecule has 0 radical (unpaired) electrons. The highest BCUT2D eigenvalue weighted by molar-refractivity contribution is 5.80. The minimum atomic E-state index is -0.157. The molecule has 1 aromatic heterocycles. The van der Waals surface area contributed by atoms with Crippen LogP contribution in [0.25, 0.3) is 10.9 Å². The van der Waals surface area contributed by atoms with Crippen LogP contribution in [0.2, 0.25) is 0 Å². The molecule has 1 fully saturated rings. The van der Waals surface area contributed by atoms with Gasteiger partial charge >= 0.3 is 0 Å². The van der Waals surface area contributed by atoms with E-state index in [1.54, 1.807) is 4.57 Å². The highest BCUT2D eigenvalue weighted by Crippen LogP contribution is 2.31. The Morgan fingerprint density at radius 1 is 1.22 bits per heavy atom. The third-order valence-corrected chi connectivity index (χ3v) is 5.72. The van der Waals surface area contributed by atoms with E-state index in [0.717, 1.165) is 44.3 Å². The van der Waals surface area contributed by atoms with E-state index in [2.05, 4.69) is 13.8 Å². The topological polar surface area (TPSA) is 55.2 Å². The van der Waals surface area contributed by atoms with E-state index in [-0.39, 0.29) is 23.4 Å². The number of hydrogen-bond acceptors (Lipinski definition) is 3. The smallest absolute Gasteiger partial charge is 0.261 e.